The van der Waals surface area contributed by atoms with E-state index in [1.54, 1.807) is 24.3 Å². The number of rotatable bonds is 3. The minimum absolute atomic E-state index is 0.00155. The Morgan fingerprint density at radius 1 is 1.04 bits per heavy atom. The Morgan fingerprint density at radius 3 is 2.30 bits per heavy atom. The molecule has 6 heteroatoms. The first kappa shape index (κ1) is 16.5. The highest BCUT2D eigenvalue weighted by Gasteiger charge is 2.28. The lowest BCUT2D eigenvalue weighted by atomic mass is 9.99. The van der Waals surface area contributed by atoms with Crippen molar-refractivity contribution in [1.29, 1.82) is 0 Å². The number of likely N-dealkylation sites (tertiary alicyclic amines) is 1. The van der Waals surface area contributed by atoms with Crippen LogP contribution < -0.4 is 0 Å². The maximum atomic E-state index is 12.5. The third-order valence-electron chi connectivity index (χ3n) is 4.75. The van der Waals surface area contributed by atoms with Crippen molar-refractivity contribution in [1.82, 2.24) is 9.21 Å². The van der Waals surface area contributed by atoms with Crippen LogP contribution in [0.4, 0.5) is 0 Å². The van der Waals surface area contributed by atoms with Crippen LogP contribution in [0, 0.1) is 5.92 Å². The lowest BCUT2D eigenvalue weighted by Crippen LogP contribution is -2.39. The Morgan fingerprint density at radius 2 is 1.70 bits per heavy atom. The molecule has 1 aromatic carbocycles. The van der Waals surface area contributed by atoms with Crippen LogP contribution in [0.15, 0.2) is 29.2 Å². The first-order valence-electron chi connectivity index (χ1n) is 8.38. The number of benzene rings is 1. The molecule has 126 valence electrons. The zero-order valence-corrected chi connectivity index (χ0v) is 14.4. The average Bonchev–Trinajstić information content (AvgIpc) is 3.09. The van der Waals surface area contributed by atoms with Gasteiger partial charge >= 0.3 is 0 Å². The van der Waals surface area contributed by atoms with Crippen LogP contribution in [-0.2, 0) is 10.0 Å². The molecule has 0 aromatic heterocycles. The highest BCUT2D eigenvalue weighted by Crippen LogP contribution is 2.22. The molecule has 2 heterocycles. The predicted octanol–water partition coefficient (Wildman–Crippen LogP) is 2.34. The largest absolute Gasteiger partial charge is 0.338 e. The van der Waals surface area contributed by atoms with Gasteiger partial charge in [-0.3, -0.25) is 4.79 Å². The van der Waals surface area contributed by atoms with Gasteiger partial charge in [-0.15, -0.1) is 0 Å². The van der Waals surface area contributed by atoms with E-state index >= 15 is 0 Å². The van der Waals surface area contributed by atoms with E-state index in [4.69, 9.17) is 0 Å². The molecule has 1 amide bonds. The van der Waals surface area contributed by atoms with Crippen molar-refractivity contribution in [2.75, 3.05) is 26.2 Å². The summed E-state index contributed by atoms with van der Waals surface area (Å²) in [7, 11) is -3.41. The molecule has 0 unspecified atom stereocenters. The first-order valence-corrected chi connectivity index (χ1v) is 9.82. The molecule has 2 fully saturated rings. The fourth-order valence-electron chi connectivity index (χ4n) is 3.40. The lowest BCUT2D eigenvalue weighted by molar-refractivity contribution is 0.0683. The van der Waals surface area contributed by atoms with Crippen molar-refractivity contribution in [3.63, 3.8) is 0 Å². The van der Waals surface area contributed by atoms with Gasteiger partial charge in [-0.25, -0.2) is 8.42 Å². The predicted molar refractivity (Wildman–Crippen MR) is 88.7 cm³/mol. The zero-order valence-electron chi connectivity index (χ0n) is 13.6. The fourth-order valence-corrected chi connectivity index (χ4v) is 4.92. The van der Waals surface area contributed by atoms with E-state index in [-0.39, 0.29) is 10.8 Å². The number of hydrogen-bond donors (Lipinski definition) is 0. The number of amides is 1. The molecule has 2 aliphatic heterocycles. The number of piperidine rings is 1. The highest BCUT2D eigenvalue weighted by atomic mass is 32.2. The molecule has 1 atom stereocenters. The van der Waals surface area contributed by atoms with Gasteiger partial charge in [0, 0.05) is 31.7 Å². The monoisotopic (exact) mass is 336 g/mol. The quantitative estimate of drug-likeness (QED) is 0.851. The molecule has 23 heavy (non-hydrogen) atoms. The molecule has 2 aliphatic rings. The van der Waals surface area contributed by atoms with Crippen LogP contribution in [0.5, 0.6) is 0 Å². The highest BCUT2D eigenvalue weighted by molar-refractivity contribution is 7.89. The van der Waals surface area contributed by atoms with E-state index in [1.165, 1.54) is 4.31 Å². The molecule has 0 N–H and O–H groups in total. The Kier molecular flexibility index (Phi) is 4.73. The maximum absolute atomic E-state index is 12.5. The molecular formula is C17H24N2O3S. The first-order chi connectivity index (χ1) is 11.0. The van der Waals surface area contributed by atoms with Gasteiger partial charge in [0.05, 0.1) is 4.90 Å². The molecule has 1 aromatic rings. The van der Waals surface area contributed by atoms with Crippen molar-refractivity contribution in [2.45, 2.75) is 37.5 Å². The van der Waals surface area contributed by atoms with E-state index in [0.29, 0.717) is 24.6 Å². The smallest absolute Gasteiger partial charge is 0.253 e. The van der Waals surface area contributed by atoms with Crippen LogP contribution >= 0.6 is 0 Å². The van der Waals surface area contributed by atoms with E-state index < -0.39 is 10.0 Å². The lowest BCUT2D eigenvalue weighted by Gasteiger charge is -2.31. The standard InChI is InChI=1S/C17H24N2O3S/c1-14-5-4-10-18(13-14)17(20)15-6-8-16(9-7-15)23(21,22)19-11-2-3-12-19/h6-9,14H,2-5,10-13H2,1H3/t14-/m1/s1. The second-order valence-electron chi connectivity index (χ2n) is 6.63. The Bertz CT molecular complexity index is 664. The van der Waals surface area contributed by atoms with Gasteiger partial charge in [-0.1, -0.05) is 6.92 Å². The summed E-state index contributed by atoms with van der Waals surface area (Å²) in [6.45, 7) is 4.91. The van der Waals surface area contributed by atoms with Crippen LogP contribution in [0.1, 0.15) is 43.0 Å². The van der Waals surface area contributed by atoms with Crippen LogP contribution in [0.2, 0.25) is 0 Å². The number of carbonyl (C=O) groups excluding carboxylic acids is 1. The van der Waals surface area contributed by atoms with E-state index in [2.05, 4.69) is 6.92 Å². The SMILES string of the molecule is C[C@@H]1CCCN(C(=O)c2ccc(S(=O)(=O)N3CCCC3)cc2)C1. The number of carbonyl (C=O) groups is 1. The molecule has 0 radical (unpaired) electrons. The van der Waals surface area contributed by atoms with Gasteiger partial charge in [0.2, 0.25) is 10.0 Å². The van der Waals surface area contributed by atoms with Crippen molar-refractivity contribution < 1.29 is 13.2 Å². The average molecular weight is 336 g/mol. The second-order valence-corrected chi connectivity index (χ2v) is 8.57. The van der Waals surface area contributed by atoms with Crippen molar-refractivity contribution in [3.05, 3.63) is 29.8 Å². The summed E-state index contributed by atoms with van der Waals surface area (Å²) in [5.74, 6) is 0.532. The molecule has 2 saturated heterocycles. The molecule has 0 saturated carbocycles. The Labute approximate surface area is 138 Å². The normalized spacial score (nSPS) is 23.2. The maximum Gasteiger partial charge on any atom is 0.253 e. The third-order valence-corrected chi connectivity index (χ3v) is 6.66. The zero-order chi connectivity index (χ0) is 16.4. The summed E-state index contributed by atoms with van der Waals surface area (Å²) < 4.78 is 26.5. The van der Waals surface area contributed by atoms with E-state index in [1.807, 2.05) is 4.90 Å². The topological polar surface area (TPSA) is 57.7 Å². The minimum Gasteiger partial charge on any atom is -0.338 e. The van der Waals surface area contributed by atoms with Crippen molar-refractivity contribution >= 4 is 15.9 Å². The summed E-state index contributed by atoms with van der Waals surface area (Å²) in [4.78, 5) is 14.7. The van der Waals surface area contributed by atoms with Gasteiger partial charge < -0.3 is 4.90 Å². The van der Waals surface area contributed by atoms with Gasteiger partial charge in [0.25, 0.3) is 5.91 Å². The molecule has 5 nitrogen and oxygen atoms in total. The second kappa shape index (κ2) is 6.61. The minimum atomic E-state index is -3.41. The molecule has 0 bridgehead atoms. The third kappa shape index (κ3) is 3.43. The summed E-state index contributed by atoms with van der Waals surface area (Å²) in [5.41, 5.74) is 0.569. The van der Waals surface area contributed by atoms with Crippen LogP contribution in [0.25, 0.3) is 0 Å². The summed E-state index contributed by atoms with van der Waals surface area (Å²) >= 11 is 0. The van der Waals surface area contributed by atoms with E-state index in [9.17, 15) is 13.2 Å². The number of sulfonamides is 1. The molecule has 0 spiro atoms. The van der Waals surface area contributed by atoms with Gasteiger partial charge in [0.1, 0.15) is 0 Å². The van der Waals surface area contributed by atoms with Crippen molar-refractivity contribution in [3.8, 4) is 0 Å². The van der Waals surface area contributed by atoms with Gasteiger partial charge in [-0.2, -0.15) is 4.31 Å². The van der Waals surface area contributed by atoms with E-state index in [0.717, 1.165) is 38.8 Å². The molecular weight excluding hydrogens is 312 g/mol. The number of nitrogens with zero attached hydrogens (tertiary/aromatic N) is 2. The summed E-state index contributed by atoms with van der Waals surface area (Å²) in [6.07, 6.45) is 4.04. The summed E-state index contributed by atoms with van der Waals surface area (Å²) in [6, 6.07) is 6.41. The van der Waals surface area contributed by atoms with Crippen LogP contribution in [0.3, 0.4) is 0 Å². The molecule has 0 aliphatic carbocycles. The van der Waals surface area contributed by atoms with Gasteiger partial charge in [0.15, 0.2) is 0 Å². The van der Waals surface area contributed by atoms with Gasteiger partial charge in [-0.05, 0) is 55.9 Å². The molecule has 3 rings (SSSR count). The fraction of sp³-hybridized carbons (Fsp3) is 0.588. The number of hydrogen-bond acceptors (Lipinski definition) is 3. The Balaban J connectivity index is 1.75. The van der Waals surface area contributed by atoms with Crippen molar-refractivity contribution in [2.24, 2.45) is 5.92 Å². The summed E-state index contributed by atoms with van der Waals surface area (Å²) in [5, 5.41) is 0. The van der Waals surface area contributed by atoms with Crippen LogP contribution in [-0.4, -0.2) is 49.7 Å². The Hall–Kier alpha value is -1.40.